The monoisotopic (exact) mass is 218 g/mol. The molecule has 2 rings (SSSR count). The molecule has 1 fully saturated rings. The van der Waals surface area contributed by atoms with E-state index < -0.39 is 0 Å². The molecule has 0 saturated carbocycles. The predicted octanol–water partition coefficient (Wildman–Crippen LogP) is 0.510. The van der Waals surface area contributed by atoms with E-state index in [9.17, 15) is 0 Å². The number of hydrogen-bond donors (Lipinski definition) is 1. The van der Waals surface area contributed by atoms with Crippen LogP contribution < -0.4 is 10.6 Å². The fourth-order valence-electron chi connectivity index (χ4n) is 1.81. The summed E-state index contributed by atoms with van der Waals surface area (Å²) in [7, 11) is 0. The van der Waals surface area contributed by atoms with Crippen LogP contribution in [0.5, 0.6) is 0 Å². The van der Waals surface area contributed by atoms with Crippen molar-refractivity contribution in [3.05, 3.63) is 5.82 Å². The molecule has 0 amide bonds. The summed E-state index contributed by atoms with van der Waals surface area (Å²) < 4.78 is 0. The Hall–Kier alpha value is -1.90. The van der Waals surface area contributed by atoms with Gasteiger partial charge in [0.1, 0.15) is 5.82 Å². The number of rotatable bonds is 2. The molecule has 0 aliphatic carbocycles. The molecule has 0 radical (unpaired) electrons. The van der Waals surface area contributed by atoms with Gasteiger partial charge < -0.3 is 10.6 Å². The van der Waals surface area contributed by atoms with Crippen molar-refractivity contribution < 1.29 is 0 Å². The van der Waals surface area contributed by atoms with E-state index in [0.717, 1.165) is 25.9 Å². The Bertz CT molecular complexity index is 404. The van der Waals surface area contributed by atoms with Gasteiger partial charge in [0.25, 0.3) is 0 Å². The zero-order chi connectivity index (χ0) is 11.4. The van der Waals surface area contributed by atoms with E-state index in [-0.39, 0.29) is 12.4 Å². The van der Waals surface area contributed by atoms with Gasteiger partial charge in [-0.15, -0.1) is 0 Å². The quantitative estimate of drug-likeness (QED) is 0.777. The molecule has 0 aromatic carbocycles. The summed E-state index contributed by atoms with van der Waals surface area (Å²) in [5.41, 5.74) is 5.60. The van der Waals surface area contributed by atoms with Crippen molar-refractivity contribution in [3.63, 3.8) is 0 Å². The molecule has 0 spiro atoms. The molecule has 2 heterocycles. The zero-order valence-corrected chi connectivity index (χ0v) is 9.06. The zero-order valence-electron chi connectivity index (χ0n) is 9.06. The van der Waals surface area contributed by atoms with Crippen molar-refractivity contribution in [3.8, 4) is 6.07 Å². The third kappa shape index (κ3) is 2.37. The minimum Gasteiger partial charge on any atom is -0.368 e. The molecule has 1 aliphatic rings. The Kier molecular flexibility index (Phi) is 3.15. The summed E-state index contributed by atoms with van der Waals surface area (Å²) >= 11 is 0. The lowest BCUT2D eigenvalue weighted by Crippen LogP contribution is -2.31. The number of nitrogens with two attached hydrogens (primary N) is 1. The Balaban J connectivity index is 2.22. The van der Waals surface area contributed by atoms with Gasteiger partial charge in [0, 0.05) is 13.1 Å². The highest BCUT2D eigenvalue weighted by molar-refractivity contribution is 5.35. The van der Waals surface area contributed by atoms with Gasteiger partial charge >= 0.3 is 0 Å². The fourth-order valence-corrected chi connectivity index (χ4v) is 1.81. The molecule has 1 aliphatic heterocycles. The van der Waals surface area contributed by atoms with Crippen LogP contribution in [0.3, 0.4) is 0 Å². The van der Waals surface area contributed by atoms with Gasteiger partial charge in [-0.05, 0) is 19.3 Å². The van der Waals surface area contributed by atoms with Gasteiger partial charge in [0.05, 0.1) is 12.5 Å². The van der Waals surface area contributed by atoms with Crippen molar-refractivity contribution in [1.29, 1.82) is 5.26 Å². The average Bonchev–Trinajstić information content (AvgIpc) is 2.30. The molecule has 2 N–H and O–H groups in total. The standard InChI is InChI=1S/C10H14N6/c11-5-4-8-13-9(12)15-10(14-8)16-6-2-1-3-7-16/h1-4,6-7H2,(H2,12,13,14,15). The summed E-state index contributed by atoms with van der Waals surface area (Å²) in [5, 5.41) is 8.61. The van der Waals surface area contributed by atoms with Gasteiger partial charge in [0.15, 0.2) is 0 Å². The maximum absolute atomic E-state index is 8.61. The molecule has 0 bridgehead atoms. The number of anilines is 2. The number of nitrogens with zero attached hydrogens (tertiary/aromatic N) is 5. The number of hydrogen-bond acceptors (Lipinski definition) is 6. The van der Waals surface area contributed by atoms with Crippen LogP contribution in [0.15, 0.2) is 0 Å². The second-order valence-electron chi connectivity index (χ2n) is 3.79. The van der Waals surface area contributed by atoms with Crippen LogP contribution in [-0.2, 0) is 6.42 Å². The minimum atomic E-state index is 0.174. The van der Waals surface area contributed by atoms with E-state index >= 15 is 0 Å². The molecule has 6 nitrogen and oxygen atoms in total. The predicted molar refractivity (Wildman–Crippen MR) is 59.6 cm³/mol. The maximum atomic E-state index is 8.61. The van der Waals surface area contributed by atoms with Crippen LogP contribution in [0.1, 0.15) is 25.1 Å². The highest BCUT2D eigenvalue weighted by Crippen LogP contribution is 2.16. The van der Waals surface area contributed by atoms with Crippen LogP contribution >= 0.6 is 0 Å². The lowest BCUT2D eigenvalue weighted by Gasteiger charge is -2.26. The van der Waals surface area contributed by atoms with E-state index in [4.69, 9.17) is 11.0 Å². The Morgan fingerprint density at radius 3 is 2.62 bits per heavy atom. The van der Waals surface area contributed by atoms with Crippen molar-refractivity contribution in [1.82, 2.24) is 15.0 Å². The molecule has 0 atom stereocenters. The highest BCUT2D eigenvalue weighted by Gasteiger charge is 2.15. The number of aromatic nitrogens is 3. The molecule has 0 unspecified atom stereocenters. The summed E-state index contributed by atoms with van der Waals surface area (Å²) in [6.45, 7) is 1.91. The van der Waals surface area contributed by atoms with E-state index in [1.54, 1.807) is 0 Å². The van der Waals surface area contributed by atoms with Crippen LogP contribution in [0.25, 0.3) is 0 Å². The second kappa shape index (κ2) is 4.75. The Labute approximate surface area is 94.1 Å². The van der Waals surface area contributed by atoms with Gasteiger partial charge in [-0.3, -0.25) is 0 Å². The number of nitrogen functional groups attached to an aromatic ring is 1. The lowest BCUT2D eigenvalue weighted by molar-refractivity contribution is 0.566. The summed E-state index contributed by atoms with van der Waals surface area (Å²) in [5.74, 6) is 1.26. The smallest absolute Gasteiger partial charge is 0.230 e. The van der Waals surface area contributed by atoms with Crippen LogP contribution in [0.2, 0.25) is 0 Å². The normalized spacial score (nSPS) is 15.8. The molecule has 1 aromatic heterocycles. The van der Waals surface area contributed by atoms with Gasteiger partial charge in [-0.25, -0.2) is 0 Å². The van der Waals surface area contributed by atoms with Crippen molar-refractivity contribution >= 4 is 11.9 Å². The Morgan fingerprint density at radius 2 is 1.94 bits per heavy atom. The first kappa shape index (κ1) is 10.6. The van der Waals surface area contributed by atoms with Crippen LogP contribution in [0, 0.1) is 11.3 Å². The van der Waals surface area contributed by atoms with Crippen molar-refractivity contribution in [2.24, 2.45) is 0 Å². The van der Waals surface area contributed by atoms with Gasteiger partial charge in [-0.2, -0.15) is 20.2 Å². The van der Waals surface area contributed by atoms with E-state index in [1.807, 2.05) is 6.07 Å². The first-order valence-electron chi connectivity index (χ1n) is 5.42. The topological polar surface area (TPSA) is 91.7 Å². The molecule has 16 heavy (non-hydrogen) atoms. The summed E-state index contributed by atoms with van der Waals surface area (Å²) in [4.78, 5) is 14.4. The van der Waals surface area contributed by atoms with Crippen LogP contribution in [-0.4, -0.2) is 28.0 Å². The Morgan fingerprint density at radius 1 is 1.19 bits per heavy atom. The first-order chi connectivity index (χ1) is 7.79. The second-order valence-corrected chi connectivity index (χ2v) is 3.79. The molecule has 84 valence electrons. The van der Waals surface area contributed by atoms with Crippen molar-refractivity contribution in [2.75, 3.05) is 23.7 Å². The van der Waals surface area contributed by atoms with E-state index in [0.29, 0.717) is 11.8 Å². The maximum Gasteiger partial charge on any atom is 0.230 e. The van der Waals surface area contributed by atoms with Crippen molar-refractivity contribution in [2.45, 2.75) is 25.7 Å². The third-order valence-electron chi connectivity index (χ3n) is 2.56. The minimum absolute atomic E-state index is 0.174. The highest BCUT2D eigenvalue weighted by atomic mass is 15.3. The summed E-state index contributed by atoms with van der Waals surface area (Å²) in [6, 6.07) is 2.01. The fraction of sp³-hybridized carbons (Fsp3) is 0.600. The molecule has 1 aromatic rings. The van der Waals surface area contributed by atoms with E-state index in [1.165, 1.54) is 6.42 Å². The third-order valence-corrected chi connectivity index (χ3v) is 2.56. The lowest BCUT2D eigenvalue weighted by atomic mass is 10.1. The molecular weight excluding hydrogens is 204 g/mol. The summed E-state index contributed by atoms with van der Waals surface area (Å²) in [6.07, 6.45) is 3.73. The van der Waals surface area contributed by atoms with Crippen LogP contribution in [0.4, 0.5) is 11.9 Å². The SMILES string of the molecule is N#CCc1nc(N)nc(N2CCCCC2)n1. The largest absolute Gasteiger partial charge is 0.368 e. The number of piperidine rings is 1. The molecule has 1 saturated heterocycles. The van der Waals surface area contributed by atoms with Gasteiger partial charge in [0.2, 0.25) is 11.9 Å². The van der Waals surface area contributed by atoms with E-state index in [2.05, 4.69) is 19.9 Å². The first-order valence-corrected chi connectivity index (χ1v) is 5.42. The molecular formula is C10H14N6. The molecule has 6 heteroatoms. The number of nitriles is 1. The van der Waals surface area contributed by atoms with Gasteiger partial charge in [-0.1, -0.05) is 0 Å². The average molecular weight is 218 g/mol.